The predicted molar refractivity (Wildman–Crippen MR) is 290 cm³/mol. The van der Waals surface area contributed by atoms with Crippen LogP contribution in [0.15, 0.2) is 226 Å². The summed E-state index contributed by atoms with van der Waals surface area (Å²) in [5.41, 5.74) is 10.9. The fraction of sp³-hybridized carbons (Fsp3) is 0.0556. The third-order valence-corrected chi connectivity index (χ3v) is 25.4. The summed E-state index contributed by atoms with van der Waals surface area (Å²) in [5, 5.41) is 13.7. The van der Waals surface area contributed by atoms with E-state index in [0.29, 0.717) is 0 Å². The van der Waals surface area contributed by atoms with Gasteiger partial charge in [-0.3, -0.25) is 15.0 Å². The van der Waals surface area contributed by atoms with Gasteiger partial charge in [-0.1, -0.05) is 91.0 Å². The highest BCUT2D eigenvalue weighted by molar-refractivity contribution is 8.32. The normalized spacial score (nSPS) is 28.0. The molecule has 6 aromatic rings. The number of fused-ring (bicyclic) bond motifs is 3. The van der Waals surface area contributed by atoms with Crippen molar-refractivity contribution in [3.8, 4) is 0 Å². The fourth-order valence-corrected chi connectivity index (χ4v) is 21.9. The molecule has 6 aliphatic rings. The van der Waals surface area contributed by atoms with Gasteiger partial charge in [0.15, 0.2) is 0 Å². The highest BCUT2D eigenvalue weighted by Gasteiger charge is 2.43. The van der Waals surface area contributed by atoms with E-state index in [4.69, 9.17) is 15.0 Å². The summed E-state index contributed by atoms with van der Waals surface area (Å²) in [7, 11) is -2.09. The number of thioether (sulfide) groups is 3. The number of anilines is 3. The first-order valence-electron chi connectivity index (χ1n) is 21.1. The minimum Gasteiger partial charge on any atom is -0.311 e. The van der Waals surface area contributed by atoms with Gasteiger partial charge in [-0.2, -0.15) is 32.7 Å². The zero-order valence-electron chi connectivity index (χ0n) is 34.4. The van der Waals surface area contributed by atoms with Gasteiger partial charge in [0.25, 0.3) is 0 Å². The second-order valence-electron chi connectivity index (χ2n) is 15.8. The topological polar surface area (TPSA) is 40.3 Å². The van der Waals surface area contributed by atoms with Gasteiger partial charge in [-0.05, 0) is 139 Å². The van der Waals surface area contributed by atoms with Crippen LogP contribution in [0.1, 0.15) is 33.4 Å². The van der Waals surface area contributed by atoms with Crippen LogP contribution in [0, 0.1) is 0 Å². The maximum absolute atomic E-state index is 4.77. The first-order chi connectivity index (χ1) is 31.7. The van der Waals surface area contributed by atoms with E-state index in [0.717, 1.165) is 17.1 Å². The molecule has 6 atom stereocenters. The van der Waals surface area contributed by atoms with E-state index in [1.165, 1.54) is 48.1 Å². The van der Waals surface area contributed by atoms with Crippen LogP contribution in [0.2, 0.25) is 0 Å². The molecule has 4 nitrogen and oxygen atoms in total. The van der Waals surface area contributed by atoms with Crippen molar-refractivity contribution in [2.45, 2.75) is 26.9 Å². The molecule has 0 aromatic heterocycles. The number of hydrogen-bond acceptors (Lipinski definition) is 7. The smallest absolute Gasteiger partial charge is 0.115 e. The molecule has 0 saturated carbocycles. The van der Waals surface area contributed by atoms with Crippen LogP contribution in [-0.4, -0.2) is 18.6 Å². The monoisotopic (exact) mass is 938 g/mol. The van der Waals surface area contributed by atoms with Gasteiger partial charge in [0.2, 0.25) is 0 Å². The van der Waals surface area contributed by atoms with E-state index in [-0.39, 0.29) is 12.2 Å². The molecule has 6 aromatic carbocycles. The first kappa shape index (κ1) is 40.2. The average Bonchev–Trinajstić information content (AvgIpc) is 4.14. The number of rotatable bonds is 9. The maximum Gasteiger partial charge on any atom is 0.115 e. The van der Waals surface area contributed by atoms with Gasteiger partial charge in [-0.25, -0.2) is 0 Å². The lowest BCUT2D eigenvalue weighted by molar-refractivity contribution is 1.17. The van der Waals surface area contributed by atoms with Gasteiger partial charge in [0.05, 0.1) is 0 Å². The van der Waals surface area contributed by atoms with E-state index in [2.05, 4.69) is 220 Å². The largest absolute Gasteiger partial charge is 0.311 e. The van der Waals surface area contributed by atoms with E-state index >= 15 is 0 Å². The molecule has 0 spiro atoms. The van der Waals surface area contributed by atoms with Gasteiger partial charge >= 0.3 is 0 Å². The average molecular weight is 939 g/mol. The van der Waals surface area contributed by atoms with Gasteiger partial charge < -0.3 is 4.90 Å². The van der Waals surface area contributed by atoms with Crippen LogP contribution in [0.3, 0.4) is 0 Å². The summed E-state index contributed by atoms with van der Waals surface area (Å²) in [6.45, 7) is 0. The molecular weight excluding hydrogens is 897 g/mol. The second kappa shape index (κ2) is 16.6. The van der Waals surface area contributed by atoms with E-state index in [1.54, 1.807) is 0 Å². The summed E-state index contributed by atoms with van der Waals surface area (Å²) < 4.78 is -0.934. The number of benzene rings is 6. The van der Waals surface area contributed by atoms with Crippen LogP contribution in [-0.2, 0) is 12.2 Å². The van der Waals surface area contributed by atoms with Gasteiger partial charge in [0, 0.05) is 69.0 Å². The molecule has 64 heavy (non-hydrogen) atoms. The summed E-state index contributed by atoms with van der Waals surface area (Å²) >= 11 is 5.60. The summed E-state index contributed by atoms with van der Waals surface area (Å²) in [4.78, 5) is 20.9. The lowest BCUT2D eigenvalue weighted by atomic mass is 10.1. The minimum atomic E-state index is -0.696. The van der Waals surface area contributed by atoms with Crippen molar-refractivity contribution in [3.05, 3.63) is 230 Å². The van der Waals surface area contributed by atoms with Crippen molar-refractivity contribution in [2.75, 3.05) is 4.90 Å². The third kappa shape index (κ3) is 6.64. The Hall–Kier alpha value is -5.33. The van der Waals surface area contributed by atoms with Crippen LogP contribution in [0.25, 0.3) is 18.2 Å². The lowest BCUT2D eigenvalue weighted by Crippen LogP contribution is -2.24. The zero-order chi connectivity index (χ0) is 42.6. The quantitative estimate of drug-likeness (QED) is 0.126. The number of thiol groups is 3. The van der Waals surface area contributed by atoms with Gasteiger partial charge in [0.1, 0.15) is 12.2 Å². The molecule has 0 radical (unpaired) electrons. The van der Waals surface area contributed by atoms with Crippen molar-refractivity contribution in [1.29, 1.82) is 0 Å². The van der Waals surface area contributed by atoms with Crippen LogP contribution in [0.5, 0.6) is 0 Å². The Kier molecular flexibility index (Phi) is 10.4. The highest BCUT2D eigenvalue weighted by Crippen LogP contribution is 2.67. The van der Waals surface area contributed by atoms with Crippen molar-refractivity contribution < 1.29 is 0 Å². The SMILES string of the molecule is C1=CSC(c2ccc(N(c3ccc(C4([SH]5C=Cc6ccccc65)C=NC=CS4)cc3)c3ccc(C4([SH]5C=Cc6ccccc65)C=NC=CS4)cc3)cc2)([SH]2C=Cc3ccccc32)C=N1. The van der Waals surface area contributed by atoms with E-state index in [9.17, 15) is 0 Å². The second-order valence-corrected chi connectivity index (χ2v) is 26.9. The lowest BCUT2D eigenvalue weighted by Gasteiger charge is -2.39. The Morgan fingerprint density at radius 2 is 0.656 bits per heavy atom. The molecule has 0 saturated heterocycles. The standard InChI is InChI=1S/C54H42N4S6/c1-4-10-49-40(7-1)25-34-62(49)52(37-55-28-31-59-52)43-13-19-46(20-14-43)58(47-21-15-44(16-22-47)53(38-56-29-32-60-53)63-35-26-41-8-2-5-11-50(41)63)48-23-17-45(18-24-48)54(39-57-30-33-61-54)64-36-27-42-9-3-6-12-51(42)64/h1-39,62-64H. The molecular formula is C54H42N4S6. The van der Waals surface area contributed by atoms with Gasteiger partial charge in [-0.15, -0.1) is 35.3 Å². The Bertz CT molecular complexity index is 2750. The molecule has 0 bridgehead atoms. The molecule has 314 valence electrons. The van der Waals surface area contributed by atoms with E-state index in [1.807, 2.05) is 53.9 Å². The van der Waals surface area contributed by atoms with Crippen molar-refractivity contribution in [2.24, 2.45) is 15.0 Å². The Balaban J connectivity index is 0.948. The summed E-state index contributed by atoms with van der Waals surface area (Å²) in [5.74, 6) is 0. The van der Waals surface area contributed by atoms with E-state index < -0.39 is 32.7 Å². The minimum absolute atomic E-state index is 0.311. The van der Waals surface area contributed by atoms with Crippen molar-refractivity contribution in [3.63, 3.8) is 0 Å². The van der Waals surface area contributed by atoms with Crippen LogP contribution < -0.4 is 4.90 Å². The molecule has 0 fully saturated rings. The first-order valence-corrected chi connectivity index (χ1v) is 28.0. The van der Waals surface area contributed by atoms with Crippen molar-refractivity contribution >= 4 is 122 Å². The Morgan fingerprint density at radius 1 is 0.359 bits per heavy atom. The van der Waals surface area contributed by atoms with Crippen molar-refractivity contribution in [1.82, 2.24) is 0 Å². The molecule has 0 amide bonds. The fourth-order valence-electron chi connectivity index (χ4n) is 9.35. The molecule has 0 aliphatic carbocycles. The number of aliphatic imine (C=N–C) groups is 3. The molecule has 6 heterocycles. The Labute approximate surface area is 395 Å². The van der Waals surface area contributed by atoms with Crippen LogP contribution in [0.4, 0.5) is 17.1 Å². The van der Waals surface area contributed by atoms with Crippen LogP contribution >= 0.6 is 68.0 Å². The Morgan fingerprint density at radius 3 is 0.938 bits per heavy atom. The molecule has 6 unspecified atom stereocenters. The molecule has 0 N–H and O–H groups in total. The highest BCUT2D eigenvalue weighted by atomic mass is 32.3. The third-order valence-electron chi connectivity index (χ3n) is 12.4. The predicted octanol–water partition coefficient (Wildman–Crippen LogP) is 15.6. The molecule has 10 heteroatoms. The maximum atomic E-state index is 4.77. The summed E-state index contributed by atoms with van der Waals surface area (Å²) in [6, 6.07) is 54.2. The number of nitrogens with zero attached hydrogens (tertiary/aromatic N) is 4. The molecule has 12 rings (SSSR count). The molecule has 6 aliphatic heterocycles. The zero-order valence-corrected chi connectivity index (χ0v) is 39.5. The number of hydrogen-bond donors (Lipinski definition) is 3. The summed E-state index contributed by atoms with van der Waals surface area (Å²) in [6.07, 6.45) is 19.1.